The third-order valence-corrected chi connectivity index (χ3v) is 4.10. The second-order valence-electron chi connectivity index (χ2n) is 5.88. The smallest absolute Gasteiger partial charge is 0.322 e. The van der Waals surface area contributed by atoms with Gasteiger partial charge in [0.25, 0.3) is 5.91 Å². The van der Waals surface area contributed by atoms with E-state index < -0.39 is 5.91 Å². The van der Waals surface area contributed by atoms with Crippen molar-refractivity contribution in [2.75, 3.05) is 5.32 Å². The van der Waals surface area contributed by atoms with E-state index in [1.165, 1.54) is 30.0 Å². The SMILES string of the molecule is Cc1cc(C(=O)Nc2nnc(-c3ccc4c(c3)CCCC4)o2)no1. The van der Waals surface area contributed by atoms with Crippen molar-refractivity contribution >= 4 is 11.9 Å². The standard InChI is InChI=1S/C17H16N4O3/c1-10-8-14(21-24-10)15(22)18-17-20-19-16(23-17)13-7-6-11-4-2-3-5-12(11)9-13/h6-9H,2-5H2,1H3,(H,18,20,22). The Morgan fingerprint density at radius 1 is 1.12 bits per heavy atom. The molecule has 1 amide bonds. The lowest BCUT2D eigenvalue weighted by atomic mass is 9.90. The van der Waals surface area contributed by atoms with E-state index in [-0.39, 0.29) is 11.7 Å². The molecule has 0 fully saturated rings. The van der Waals surface area contributed by atoms with Crippen LogP contribution in [0.15, 0.2) is 33.2 Å². The van der Waals surface area contributed by atoms with E-state index in [4.69, 9.17) is 8.94 Å². The van der Waals surface area contributed by atoms with Crippen LogP contribution >= 0.6 is 0 Å². The maximum Gasteiger partial charge on any atom is 0.322 e. The minimum atomic E-state index is -0.451. The van der Waals surface area contributed by atoms with Crippen molar-refractivity contribution in [2.24, 2.45) is 0 Å². The van der Waals surface area contributed by atoms with Crippen molar-refractivity contribution in [2.45, 2.75) is 32.6 Å². The van der Waals surface area contributed by atoms with Gasteiger partial charge in [-0.25, -0.2) is 0 Å². The molecular formula is C17H16N4O3. The molecule has 2 heterocycles. The maximum absolute atomic E-state index is 12.0. The van der Waals surface area contributed by atoms with Gasteiger partial charge in [0.2, 0.25) is 5.89 Å². The average Bonchev–Trinajstić information content (AvgIpc) is 3.23. The number of amides is 1. The van der Waals surface area contributed by atoms with E-state index in [2.05, 4.69) is 32.8 Å². The summed E-state index contributed by atoms with van der Waals surface area (Å²) in [6, 6.07) is 7.76. The summed E-state index contributed by atoms with van der Waals surface area (Å²) >= 11 is 0. The number of aromatic nitrogens is 3. The average molecular weight is 324 g/mol. The molecule has 0 radical (unpaired) electrons. The van der Waals surface area contributed by atoms with Crippen molar-refractivity contribution in [1.82, 2.24) is 15.4 Å². The molecular weight excluding hydrogens is 308 g/mol. The van der Waals surface area contributed by atoms with Crippen LogP contribution in [0.3, 0.4) is 0 Å². The molecule has 0 spiro atoms. The number of anilines is 1. The van der Waals surface area contributed by atoms with E-state index in [1.54, 1.807) is 6.92 Å². The van der Waals surface area contributed by atoms with Crippen LogP contribution in [0.25, 0.3) is 11.5 Å². The zero-order chi connectivity index (χ0) is 16.5. The molecule has 1 N–H and O–H groups in total. The van der Waals surface area contributed by atoms with Gasteiger partial charge in [-0.15, -0.1) is 5.10 Å². The number of rotatable bonds is 3. The van der Waals surface area contributed by atoms with Gasteiger partial charge in [0.15, 0.2) is 5.69 Å². The Bertz CT molecular complexity index is 897. The van der Waals surface area contributed by atoms with Crippen molar-refractivity contribution in [1.29, 1.82) is 0 Å². The van der Waals surface area contributed by atoms with Gasteiger partial charge in [0.1, 0.15) is 5.76 Å². The molecule has 0 saturated carbocycles. The highest BCUT2D eigenvalue weighted by Gasteiger charge is 2.17. The summed E-state index contributed by atoms with van der Waals surface area (Å²) in [7, 11) is 0. The molecule has 0 atom stereocenters. The molecule has 24 heavy (non-hydrogen) atoms. The first-order valence-electron chi connectivity index (χ1n) is 7.89. The summed E-state index contributed by atoms with van der Waals surface area (Å²) in [5, 5.41) is 14.1. The molecule has 7 nitrogen and oxygen atoms in total. The second-order valence-corrected chi connectivity index (χ2v) is 5.88. The molecule has 2 aromatic heterocycles. The number of carbonyl (C=O) groups is 1. The minimum absolute atomic E-state index is 0.0355. The number of hydrogen-bond donors (Lipinski definition) is 1. The summed E-state index contributed by atoms with van der Waals surface area (Å²) < 4.78 is 10.4. The van der Waals surface area contributed by atoms with Crippen LogP contribution in [0.4, 0.5) is 6.01 Å². The van der Waals surface area contributed by atoms with Gasteiger partial charge >= 0.3 is 6.01 Å². The van der Waals surface area contributed by atoms with E-state index in [0.717, 1.165) is 18.4 Å². The zero-order valence-electron chi connectivity index (χ0n) is 13.2. The summed E-state index contributed by atoms with van der Waals surface area (Å²) in [5.74, 6) is 0.489. The second kappa shape index (κ2) is 5.92. The highest BCUT2D eigenvalue weighted by Crippen LogP contribution is 2.27. The third kappa shape index (κ3) is 2.80. The Morgan fingerprint density at radius 2 is 1.96 bits per heavy atom. The van der Waals surface area contributed by atoms with Gasteiger partial charge in [0, 0.05) is 11.6 Å². The Hall–Kier alpha value is -2.96. The van der Waals surface area contributed by atoms with Crippen LogP contribution in [0.5, 0.6) is 0 Å². The fraction of sp³-hybridized carbons (Fsp3) is 0.294. The summed E-state index contributed by atoms with van der Waals surface area (Å²) in [4.78, 5) is 12.0. The quantitative estimate of drug-likeness (QED) is 0.795. The Labute approximate surface area is 138 Å². The fourth-order valence-corrected chi connectivity index (χ4v) is 2.89. The normalized spacial score (nSPS) is 13.5. The Balaban J connectivity index is 1.53. The molecule has 1 aliphatic carbocycles. The first kappa shape index (κ1) is 14.6. The molecule has 4 rings (SSSR count). The van der Waals surface area contributed by atoms with Gasteiger partial charge in [-0.1, -0.05) is 16.3 Å². The van der Waals surface area contributed by atoms with Gasteiger partial charge in [-0.2, -0.15) is 0 Å². The number of benzene rings is 1. The molecule has 0 aliphatic heterocycles. The summed E-state index contributed by atoms with van der Waals surface area (Å²) in [5.41, 5.74) is 3.75. The first-order chi connectivity index (χ1) is 11.7. The van der Waals surface area contributed by atoms with Crippen molar-refractivity contribution in [3.63, 3.8) is 0 Å². The number of hydrogen-bond acceptors (Lipinski definition) is 6. The number of nitrogens with one attached hydrogen (secondary N) is 1. The predicted molar refractivity (Wildman–Crippen MR) is 85.6 cm³/mol. The molecule has 3 aromatic rings. The van der Waals surface area contributed by atoms with Crippen molar-refractivity contribution in [3.8, 4) is 11.5 Å². The number of aryl methyl sites for hydroxylation is 3. The van der Waals surface area contributed by atoms with Gasteiger partial charge < -0.3 is 8.94 Å². The lowest BCUT2D eigenvalue weighted by Gasteiger charge is -2.15. The van der Waals surface area contributed by atoms with E-state index in [1.807, 2.05) is 6.07 Å². The van der Waals surface area contributed by atoms with E-state index >= 15 is 0 Å². The highest BCUT2D eigenvalue weighted by molar-refractivity contribution is 6.01. The molecule has 1 aliphatic rings. The molecule has 122 valence electrons. The Kier molecular flexibility index (Phi) is 3.60. The molecule has 7 heteroatoms. The topological polar surface area (TPSA) is 94.1 Å². The van der Waals surface area contributed by atoms with E-state index in [9.17, 15) is 4.79 Å². The lowest BCUT2D eigenvalue weighted by molar-refractivity contribution is 0.101. The van der Waals surface area contributed by atoms with Gasteiger partial charge in [0.05, 0.1) is 0 Å². The van der Waals surface area contributed by atoms with Crippen molar-refractivity contribution < 1.29 is 13.7 Å². The highest BCUT2D eigenvalue weighted by atomic mass is 16.5. The predicted octanol–water partition coefficient (Wildman–Crippen LogP) is 3.16. The lowest BCUT2D eigenvalue weighted by Crippen LogP contribution is -2.12. The molecule has 0 unspecified atom stereocenters. The number of nitrogens with zero attached hydrogens (tertiary/aromatic N) is 3. The van der Waals surface area contributed by atoms with Crippen LogP contribution in [0.2, 0.25) is 0 Å². The Morgan fingerprint density at radius 3 is 2.75 bits per heavy atom. The fourth-order valence-electron chi connectivity index (χ4n) is 2.89. The van der Waals surface area contributed by atoms with Crippen LogP contribution in [-0.4, -0.2) is 21.3 Å². The summed E-state index contributed by atoms with van der Waals surface area (Å²) in [6.45, 7) is 1.71. The third-order valence-electron chi connectivity index (χ3n) is 4.10. The maximum atomic E-state index is 12.0. The zero-order valence-corrected chi connectivity index (χ0v) is 13.2. The van der Waals surface area contributed by atoms with Gasteiger partial charge in [-0.3, -0.25) is 10.1 Å². The molecule has 0 bridgehead atoms. The van der Waals surface area contributed by atoms with E-state index in [0.29, 0.717) is 11.7 Å². The van der Waals surface area contributed by atoms with Crippen LogP contribution in [-0.2, 0) is 12.8 Å². The van der Waals surface area contributed by atoms with Crippen molar-refractivity contribution in [3.05, 3.63) is 46.8 Å². The summed E-state index contributed by atoms with van der Waals surface area (Å²) in [6.07, 6.45) is 4.65. The molecule has 1 aromatic carbocycles. The number of carbonyl (C=O) groups excluding carboxylic acids is 1. The molecule has 0 saturated heterocycles. The first-order valence-corrected chi connectivity index (χ1v) is 7.89. The van der Waals surface area contributed by atoms with Crippen LogP contribution in [0.1, 0.15) is 40.2 Å². The van der Waals surface area contributed by atoms with Crippen LogP contribution < -0.4 is 5.32 Å². The number of fused-ring (bicyclic) bond motifs is 1. The van der Waals surface area contributed by atoms with Crippen LogP contribution in [0, 0.1) is 6.92 Å². The van der Waals surface area contributed by atoms with Gasteiger partial charge in [-0.05, 0) is 55.9 Å². The largest absolute Gasteiger partial charge is 0.403 e. The monoisotopic (exact) mass is 324 g/mol. The minimum Gasteiger partial charge on any atom is -0.403 e.